The molecule has 0 radical (unpaired) electrons. The van der Waals surface area contributed by atoms with Gasteiger partial charge in [0.25, 0.3) is 5.91 Å². The topological polar surface area (TPSA) is 107 Å². The minimum absolute atomic E-state index is 0.172. The third kappa shape index (κ3) is 3.90. The lowest BCUT2D eigenvalue weighted by atomic mass is 10.0. The van der Waals surface area contributed by atoms with Crippen LogP contribution in [0.3, 0.4) is 0 Å². The molecule has 2 aliphatic rings. The van der Waals surface area contributed by atoms with Crippen molar-refractivity contribution in [3.05, 3.63) is 47.4 Å². The number of aromatic nitrogens is 3. The average Bonchev–Trinajstić information content (AvgIpc) is 2.84. The summed E-state index contributed by atoms with van der Waals surface area (Å²) >= 11 is 0. The molecule has 4 heterocycles. The number of rotatable bonds is 5. The molecule has 2 N–H and O–H groups in total. The first-order valence-electron chi connectivity index (χ1n) is 11.5. The molecular formula is C24H28N8O2. The van der Waals surface area contributed by atoms with Crippen LogP contribution in [-0.4, -0.2) is 71.8 Å². The highest BCUT2D eigenvalue weighted by atomic mass is 16.2. The number of pyridine rings is 1. The van der Waals surface area contributed by atoms with Crippen molar-refractivity contribution in [3.63, 3.8) is 0 Å². The highest BCUT2D eigenvalue weighted by Gasteiger charge is 2.27. The number of hydrogen-bond acceptors (Lipinski definition) is 7. The molecule has 3 amide bonds. The Balaban J connectivity index is 1.30. The predicted octanol–water partition coefficient (Wildman–Crippen LogP) is 2.39. The van der Waals surface area contributed by atoms with Crippen LogP contribution in [0.4, 0.5) is 22.0 Å². The zero-order valence-electron chi connectivity index (χ0n) is 19.6. The lowest BCUT2D eigenvalue weighted by Crippen LogP contribution is -2.46. The number of urea groups is 1. The van der Waals surface area contributed by atoms with Gasteiger partial charge in [0, 0.05) is 51.7 Å². The fourth-order valence-electron chi connectivity index (χ4n) is 4.77. The third-order valence-electron chi connectivity index (χ3n) is 6.50. The molecule has 3 aromatic rings. The van der Waals surface area contributed by atoms with Crippen molar-refractivity contribution in [3.8, 4) is 0 Å². The Labute approximate surface area is 198 Å². The van der Waals surface area contributed by atoms with Crippen molar-refractivity contribution in [1.29, 1.82) is 0 Å². The summed E-state index contributed by atoms with van der Waals surface area (Å²) in [5.41, 5.74) is 4.29. The van der Waals surface area contributed by atoms with Crippen LogP contribution >= 0.6 is 0 Å². The smallest absolute Gasteiger partial charge is 0.327 e. The van der Waals surface area contributed by atoms with E-state index in [4.69, 9.17) is 0 Å². The highest BCUT2D eigenvalue weighted by Crippen LogP contribution is 2.36. The number of aryl methyl sites for hydroxylation is 1. The number of amides is 3. The molecule has 1 fully saturated rings. The van der Waals surface area contributed by atoms with Gasteiger partial charge in [0.05, 0.1) is 28.7 Å². The van der Waals surface area contributed by atoms with Crippen LogP contribution in [0.25, 0.3) is 10.8 Å². The Bertz CT molecular complexity index is 1270. The molecule has 0 bridgehead atoms. The molecule has 0 atom stereocenters. The van der Waals surface area contributed by atoms with Gasteiger partial charge >= 0.3 is 6.03 Å². The molecule has 10 nitrogen and oxygen atoms in total. The third-order valence-corrected chi connectivity index (χ3v) is 6.50. The van der Waals surface area contributed by atoms with Gasteiger partial charge in [-0.1, -0.05) is 0 Å². The molecule has 1 aromatic carbocycles. The van der Waals surface area contributed by atoms with E-state index in [0.29, 0.717) is 18.1 Å². The van der Waals surface area contributed by atoms with E-state index in [1.54, 1.807) is 24.2 Å². The van der Waals surface area contributed by atoms with Gasteiger partial charge in [-0.15, -0.1) is 5.10 Å². The molecule has 2 aliphatic heterocycles. The molecule has 2 aromatic heterocycles. The fourth-order valence-corrected chi connectivity index (χ4v) is 4.77. The van der Waals surface area contributed by atoms with E-state index in [0.717, 1.165) is 66.1 Å². The van der Waals surface area contributed by atoms with Gasteiger partial charge in [0.2, 0.25) is 0 Å². The Morgan fingerprint density at radius 1 is 1.18 bits per heavy atom. The van der Waals surface area contributed by atoms with Gasteiger partial charge in [-0.3, -0.25) is 14.6 Å². The molecule has 176 valence electrons. The van der Waals surface area contributed by atoms with E-state index in [-0.39, 0.29) is 11.9 Å². The summed E-state index contributed by atoms with van der Waals surface area (Å²) in [5, 5.41) is 15.9. The first kappa shape index (κ1) is 22.0. The number of anilines is 3. The van der Waals surface area contributed by atoms with Crippen LogP contribution in [0.2, 0.25) is 0 Å². The number of piperazine rings is 1. The second-order valence-electron chi connectivity index (χ2n) is 8.59. The van der Waals surface area contributed by atoms with Crippen LogP contribution in [0.15, 0.2) is 30.5 Å². The summed E-state index contributed by atoms with van der Waals surface area (Å²) in [4.78, 5) is 35.2. The van der Waals surface area contributed by atoms with Crippen molar-refractivity contribution in [1.82, 2.24) is 25.4 Å². The van der Waals surface area contributed by atoms with E-state index in [1.165, 1.54) is 0 Å². The molecule has 0 unspecified atom stereocenters. The second-order valence-corrected chi connectivity index (χ2v) is 8.59. The summed E-state index contributed by atoms with van der Waals surface area (Å²) in [6.07, 6.45) is 1.76. The van der Waals surface area contributed by atoms with Crippen LogP contribution in [0.1, 0.15) is 28.7 Å². The molecule has 5 rings (SSSR count). The fraction of sp³-hybridized carbons (Fsp3) is 0.375. The number of carbonyl (C=O) groups is 2. The SMILES string of the molecule is CCN1C(=O)Nc2cc(CN3CCN(c4ccc(C(=O)NC)nc4C)CC3)cc3cnnc1c23. The van der Waals surface area contributed by atoms with Crippen molar-refractivity contribution < 1.29 is 9.59 Å². The second kappa shape index (κ2) is 8.86. The lowest BCUT2D eigenvalue weighted by Gasteiger charge is -2.36. The number of nitrogens with zero attached hydrogens (tertiary/aromatic N) is 6. The Hall–Kier alpha value is -3.79. The van der Waals surface area contributed by atoms with Crippen LogP contribution < -0.4 is 20.4 Å². The molecule has 34 heavy (non-hydrogen) atoms. The summed E-state index contributed by atoms with van der Waals surface area (Å²) in [6.45, 7) is 8.75. The van der Waals surface area contributed by atoms with Crippen LogP contribution in [0, 0.1) is 6.92 Å². The van der Waals surface area contributed by atoms with Crippen molar-refractivity contribution >= 4 is 39.9 Å². The van der Waals surface area contributed by atoms with Crippen molar-refractivity contribution in [2.45, 2.75) is 20.4 Å². The van der Waals surface area contributed by atoms with Gasteiger partial charge in [0.1, 0.15) is 5.69 Å². The number of nitrogens with one attached hydrogen (secondary N) is 2. The molecular weight excluding hydrogens is 432 g/mol. The maximum Gasteiger partial charge on any atom is 0.327 e. The maximum absolute atomic E-state index is 12.5. The molecule has 10 heteroatoms. The van der Waals surface area contributed by atoms with Gasteiger partial charge < -0.3 is 15.5 Å². The highest BCUT2D eigenvalue weighted by molar-refractivity contribution is 6.17. The molecule has 0 spiro atoms. The normalized spacial score (nSPS) is 16.0. The maximum atomic E-state index is 12.5. The van der Waals surface area contributed by atoms with Crippen LogP contribution in [0.5, 0.6) is 0 Å². The Kier molecular flexibility index (Phi) is 5.74. The van der Waals surface area contributed by atoms with Gasteiger partial charge in [-0.25, -0.2) is 9.78 Å². The van der Waals surface area contributed by atoms with Crippen molar-refractivity contribution in [2.24, 2.45) is 0 Å². The summed E-state index contributed by atoms with van der Waals surface area (Å²) in [5.74, 6) is 0.441. The van der Waals surface area contributed by atoms with Crippen molar-refractivity contribution in [2.75, 3.05) is 54.9 Å². The van der Waals surface area contributed by atoms with E-state index in [1.807, 2.05) is 19.9 Å². The summed E-state index contributed by atoms with van der Waals surface area (Å²) in [6, 6.07) is 7.78. The minimum atomic E-state index is -0.175. The number of carbonyl (C=O) groups excluding carboxylic acids is 2. The largest absolute Gasteiger partial charge is 0.368 e. The van der Waals surface area contributed by atoms with E-state index in [9.17, 15) is 9.59 Å². The molecule has 1 saturated heterocycles. The van der Waals surface area contributed by atoms with E-state index < -0.39 is 0 Å². The predicted molar refractivity (Wildman–Crippen MR) is 131 cm³/mol. The quantitative estimate of drug-likeness (QED) is 0.602. The molecule has 0 saturated carbocycles. The van der Waals surface area contributed by atoms with Gasteiger partial charge in [-0.2, -0.15) is 5.10 Å². The standard InChI is InChI=1S/C24H28N8O2/c1-4-32-22-21-17(13-26-29-22)11-16(12-19(21)28-24(32)34)14-30-7-9-31(10-8-30)20-6-5-18(23(33)25-3)27-15(20)2/h5-6,11-13H,4,7-10,14H2,1-3H3,(H,25,33)(H,28,34). The lowest BCUT2D eigenvalue weighted by molar-refractivity contribution is 0.0958. The minimum Gasteiger partial charge on any atom is -0.368 e. The zero-order chi connectivity index (χ0) is 23.8. The Morgan fingerprint density at radius 3 is 2.68 bits per heavy atom. The van der Waals surface area contributed by atoms with E-state index >= 15 is 0 Å². The first-order chi connectivity index (χ1) is 16.5. The Morgan fingerprint density at radius 2 is 1.97 bits per heavy atom. The number of benzene rings is 1. The zero-order valence-corrected chi connectivity index (χ0v) is 19.6. The number of hydrogen-bond donors (Lipinski definition) is 2. The molecule has 0 aliphatic carbocycles. The van der Waals surface area contributed by atoms with Gasteiger partial charge in [0.15, 0.2) is 5.82 Å². The van der Waals surface area contributed by atoms with Crippen LogP contribution in [-0.2, 0) is 6.54 Å². The van der Waals surface area contributed by atoms with E-state index in [2.05, 4.69) is 47.7 Å². The summed E-state index contributed by atoms with van der Waals surface area (Å²) in [7, 11) is 1.61. The monoisotopic (exact) mass is 460 g/mol. The van der Waals surface area contributed by atoms with Gasteiger partial charge in [-0.05, 0) is 43.7 Å². The summed E-state index contributed by atoms with van der Waals surface area (Å²) < 4.78 is 0. The first-order valence-corrected chi connectivity index (χ1v) is 11.5. The average molecular weight is 461 g/mol.